The van der Waals surface area contributed by atoms with Crippen LogP contribution < -0.4 is 10.6 Å². The van der Waals surface area contributed by atoms with E-state index in [1.807, 2.05) is 65.8 Å². The first kappa shape index (κ1) is 44.2. The maximum Gasteiger partial charge on any atom is 0.237 e. The van der Waals surface area contributed by atoms with Crippen LogP contribution in [0.15, 0.2) is 60.9 Å². The number of ether oxygens (including phenoxy) is 2. The third kappa shape index (κ3) is 9.65. The molecule has 4 heterocycles. The van der Waals surface area contributed by atoms with Crippen molar-refractivity contribution < 1.29 is 28.7 Å². The van der Waals surface area contributed by atoms with Crippen LogP contribution >= 0.6 is 0 Å². The van der Waals surface area contributed by atoms with Gasteiger partial charge >= 0.3 is 0 Å². The van der Waals surface area contributed by atoms with Crippen LogP contribution in [-0.4, -0.2) is 106 Å². The molecule has 0 radical (unpaired) electrons. The Balaban J connectivity index is 1.12. The second-order valence-corrected chi connectivity index (χ2v) is 19.1. The highest BCUT2D eigenvalue weighted by Crippen LogP contribution is 2.36. The highest BCUT2D eigenvalue weighted by atomic mass is 16.5. The SMILES string of the molecule is CC(C)(C(=O)NC(c1ncc(-c2ccc(-c3ccc(-c4cnc(C(NC(=O)C(C)(C)C(=O)N5CCOCC5)C(C)(C)C)[nH]4)cc3)cc2)[nH]1)C(C)(C)C)C(=O)N1CCOCC1. The number of rotatable bonds is 11. The fourth-order valence-electron chi connectivity index (χ4n) is 7.48. The van der Waals surface area contributed by atoms with Crippen LogP contribution in [-0.2, 0) is 28.7 Å². The summed E-state index contributed by atoms with van der Waals surface area (Å²) in [7, 11) is 0. The molecule has 0 spiro atoms. The lowest BCUT2D eigenvalue weighted by molar-refractivity contribution is -0.153. The minimum Gasteiger partial charge on any atom is -0.378 e. The molecule has 2 aromatic carbocycles. The number of amides is 4. The summed E-state index contributed by atoms with van der Waals surface area (Å²) in [6.07, 6.45) is 3.54. The lowest BCUT2D eigenvalue weighted by atomic mass is 9.84. The van der Waals surface area contributed by atoms with Crippen molar-refractivity contribution >= 4 is 23.6 Å². The van der Waals surface area contributed by atoms with E-state index >= 15 is 0 Å². The molecular formula is C46H62N8O6. The van der Waals surface area contributed by atoms with Gasteiger partial charge in [-0.05, 0) is 60.8 Å². The maximum atomic E-state index is 13.7. The number of H-pyrrole nitrogens is 2. The molecule has 4 N–H and O–H groups in total. The topological polar surface area (TPSA) is 175 Å². The van der Waals surface area contributed by atoms with Crippen molar-refractivity contribution in [3.8, 4) is 33.6 Å². The normalized spacial score (nSPS) is 16.6. The average molecular weight is 823 g/mol. The van der Waals surface area contributed by atoms with Gasteiger partial charge in [-0.25, -0.2) is 9.97 Å². The van der Waals surface area contributed by atoms with Gasteiger partial charge in [0.25, 0.3) is 0 Å². The van der Waals surface area contributed by atoms with Crippen LogP contribution in [0.2, 0.25) is 0 Å². The van der Waals surface area contributed by atoms with Gasteiger partial charge in [0.15, 0.2) is 0 Å². The molecule has 4 amide bonds. The Morgan fingerprint density at radius 1 is 0.533 bits per heavy atom. The number of benzene rings is 2. The number of carbonyl (C=O) groups excluding carboxylic acids is 4. The van der Waals surface area contributed by atoms with E-state index in [1.165, 1.54) is 0 Å². The first-order valence-corrected chi connectivity index (χ1v) is 20.8. The number of hydrogen-bond acceptors (Lipinski definition) is 8. The first-order chi connectivity index (χ1) is 28.2. The number of imidazole rings is 2. The Labute approximate surface area is 353 Å². The summed E-state index contributed by atoms with van der Waals surface area (Å²) >= 11 is 0. The summed E-state index contributed by atoms with van der Waals surface area (Å²) in [5.74, 6) is 0.0936. The number of nitrogens with zero attached hydrogens (tertiary/aromatic N) is 4. The molecule has 0 bridgehead atoms. The molecule has 6 rings (SSSR count). The van der Waals surface area contributed by atoms with E-state index < -0.39 is 33.7 Å². The average Bonchev–Trinajstić information content (AvgIpc) is 3.92. The molecule has 2 unspecified atom stereocenters. The third-order valence-corrected chi connectivity index (χ3v) is 11.5. The number of nitrogens with one attached hydrogen (secondary N) is 4. The van der Waals surface area contributed by atoms with Crippen LogP contribution in [0.5, 0.6) is 0 Å². The number of aromatic nitrogens is 4. The Morgan fingerprint density at radius 3 is 1.13 bits per heavy atom. The summed E-state index contributed by atoms with van der Waals surface area (Å²) in [5.41, 5.74) is 2.25. The molecule has 2 aliphatic rings. The van der Waals surface area contributed by atoms with Crippen molar-refractivity contribution in [1.29, 1.82) is 0 Å². The van der Waals surface area contributed by atoms with Crippen LogP contribution in [0.3, 0.4) is 0 Å². The summed E-state index contributed by atoms with van der Waals surface area (Å²) in [6, 6.07) is 15.4. The molecule has 0 saturated carbocycles. The molecule has 2 aliphatic heterocycles. The van der Waals surface area contributed by atoms with E-state index in [0.29, 0.717) is 64.3 Å². The number of morpholine rings is 2. The maximum absolute atomic E-state index is 13.7. The molecule has 14 nitrogen and oxygen atoms in total. The second-order valence-electron chi connectivity index (χ2n) is 19.1. The smallest absolute Gasteiger partial charge is 0.237 e. The molecular weight excluding hydrogens is 761 g/mol. The minimum absolute atomic E-state index is 0.215. The van der Waals surface area contributed by atoms with Gasteiger partial charge in [-0.3, -0.25) is 19.2 Å². The van der Waals surface area contributed by atoms with Crippen molar-refractivity contribution in [1.82, 2.24) is 40.4 Å². The van der Waals surface area contributed by atoms with Gasteiger partial charge in [0.1, 0.15) is 22.5 Å². The van der Waals surface area contributed by atoms with Crippen LogP contribution in [0.1, 0.15) is 93.0 Å². The van der Waals surface area contributed by atoms with Crippen molar-refractivity contribution in [2.45, 2.75) is 81.3 Å². The Kier molecular flexibility index (Phi) is 12.8. The van der Waals surface area contributed by atoms with Gasteiger partial charge in [-0.15, -0.1) is 0 Å². The number of carbonyl (C=O) groups is 4. The van der Waals surface area contributed by atoms with Crippen LogP contribution in [0, 0.1) is 21.7 Å². The van der Waals surface area contributed by atoms with Gasteiger partial charge in [0.05, 0.1) is 62.3 Å². The quantitative estimate of drug-likeness (QED) is 0.127. The molecule has 2 atom stereocenters. The summed E-state index contributed by atoms with van der Waals surface area (Å²) in [4.78, 5) is 73.7. The van der Waals surface area contributed by atoms with E-state index in [-0.39, 0.29) is 23.6 Å². The van der Waals surface area contributed by atoms with Gasteiger partial charge in [0.2, 0.25) is 23.6 Å². The van der Waals surface area contributed by atoms with Crippen LogP contribution in [0.25, 0.3) is 33.6 Å². The number of aromatic amines is 2. The van der Waals surface area contributed by atoms with E-state index in [1.54, 1.807) is 49.9 Å². The first-order valence-electron chi connectivity index (χ1n) is 20.8. The Bertz CT molecular complexity index is 1990. The van der Waals surface area contributed by atoms with Gasteiger partial charge in [-0.2, -0.15) is 0 Å². The molecule has 14 heteroatoms. The molecule has 60 heavy (non-hydrogen) atoms. The Morgan fingerprint density at radius 2 is 0.833 bits per heavy atom. The largest absolute Gasteiger partial charge is 0.378 e. The highest BCUT2D eigenvalue weighted by molar-refractivity contribution is 6.05. The summed E-state index contributed by atoms with van der Waals surface area (Å²) < 4.78 is 10.8. The third-order valence-electron chi connectivity index (χ3n) is 11.5. The molecule has 0 aliphatic carbocycles. The zero-order valence-corrected chi connectivity index (χ0v) is 36.8. The Hall–Kier alpha value is -5.34. The minimum atomic E-state index is -1.26. The van der Waals surface area contributed by atoms with E-state index in [4.69, 9.17) is 19.4 Å². The van der Waals surface area contributed by atoms with E-state index in [0.717, 1.165) is 33.6 Å². The van der Waals surface area contributed by atoms with E-state index in [2.05, 4.69) is 44.9 Å². The predicted molar refractivity (Wildman–Crippen MR) is 230 cm³/mol. The van der Waals surface area contributed by atoms with Crippen molar-refractivity contribution in [2.75, 3.05) is 52.6 Å². The second kappa shape index (κ2) is 17.3. The van der Waals surface area contributed by atoms with Gasteiger partial charge in [0, 0.05) is 26.2 Å². The highest BCUT2D eigenvalue weighted by Gasteiger charge is 2.44. The molecule has 2 fully saturated rings. The molecule has 322 valence electrons. The molecule has 2 saturated heterocycles. The summed E-state index contributed by atoms with van der Waals surface area (Å²) in [5, 5.41) is 6.27. The van der Waals surface area contributed by atoms with Gasteiger partial charge in [-0.1, -0.05) is 90.1 Å². The van der Waals surface area contributed by atoms with E-state index in [9.17, 15) is 19.2 Å². The fourth-order valence-corrected chi connectivity index (χ4v) is 7.48. The zero-order chi connectivity index (χ0) is 43.6. The van der Waals surface area contributed by atoms with Gasteiger partial charge < -0.3 is 39.9 Å². The lowest BCUT2D eigenvalue weighted by Crippen LogP contribution is -2.53. The standard InChI is InChI=1S/C46H62N8O6/c1-43(2,3)35(51-39(55)45(7,8)41(57)53-19-23-59-24-20-53)37-47-27-33(49-37)31-15-11-29(12-16-31)30-13-17-32(18-14-30)34-28-48-38(50-34)36(44(4,5)6)52-40(56)46(9,10)42(58)54-21-25-60-26-22-54/h11-18,27-28,35-36H,19-26H2,1-10H3,(H,47,49)(H,48,50)(H,51,55)(H,52,56). The molecule has 2 aromatic heterocycles. The van der Waals surface area contributed by atoms with Crippen molar-refractivity contribution in [3.63, 3.8) is 0 Å². The summed E-state index contributed by atoms with van der Waals surface area (Å²) in [6.45, 7) is 22.6. The number of hydrogen-bond donors (Lipinski definition) is 4. The van der Waals surface area contributed by atoms with Crippen molar-refractivity contribution in [3.05, 3.63) is 72.6 Å². The fraction of sp³-hybridized carbons (Fsp3) is 0.522. The van der Waals surface area contributed by atoms with Crippen LogP contribution in [0.4, 0.5) is 0 Å². The van der Waals surface area contributed by atoms with Crippen molar-refractivity contribution in [2.24, 2.45) is 21.7 Å². The lowest BCUT2D eigenvalue weighted by Gasteiger charge is -2.36. The predicted octanol–water partition coefficient (Wildman–Crippen LogP) is 6.31. The monoisotopic (exact) mass is 822 g/mol. The molecule has 4 aromatic rings. The zero-order valence-electron chi connectivity index (χ0n) is 36.8.